The maximum Gasteiger partial charge on any atom is 0.193 e. The summed E-state index contributed by atoms with van der Waals surface area (Å²) in [5.41, 5.74) is 2.36. The molecule has 19 heavy (non-hydrogen) atoms. The summed E-state index contributed by atoms with van der Waals surface area (Å²) in [5, 5.41) is 0. The van der Waals surface area contributed by atoms with Gasteiger partial charge in [0.1, 0.15) is 5.75 Å². The Labute approximate surface area is 114 Å². The van der Waals surface area contributed by atoms with Crippen molar-refractivity contribution in [3.05, 3.63) is 65.7 Å². The van der Waals surface area contributed by atoms with E-state index in [1.54, 1.807) is 0 Å². The summed E-state index contributed by atoms with van der Waals surface area (Å²) >= 11 is 0. The highest BCUT2D eigenvalue weighted by molar-refractivity contribution is 5.45. The SMILES string of the molecule is CCC1(N(C)Cc2ccccc2)Oc2ccccc21. The van der Waals surface area contributed by atoms with Crippen LogP contribution in [0, 0.1) is 0 Å². The Kier molecular flexibility index (Phi) is 3.03. The van der Waals surface area contributed by atoms with Gasteiger partial charge in [-0.3, -0.25) is 4.90 Å². The van der Waals surface area contributed by atoms with Gasteiger partial charge in [-0.1, -0.05) is 49.4 Å². The molecule has 1 aliphatic rings. The molecule has 2 nitrogen and oxygen atoms in total. The summed E-state index contributed by atoms with van der Waals surface area (Å²) in [4.78, 5) is 2.30. The van der Waals surface area contributed by atoms with E-state index in [9.17, 15) is 0 Å². The molecule has 0 amide bonds. The Morgan fingerprint density at radius 3 is 2.37 bits per heavy atom. The van der Waals surface area contributed by atoms with E-state index in [1.165, 1.54) is 11.1 Å². The fraction of sp³-hybridized carbons (Fsp3) is 0.294. The number of rotatable bonds is 4. The molecule has 0 radical (unpaired) electrons. The lowest BCUT2D eigenvalue weighted by molar-refractivity contribution is -0.125. The van der Waals surface area contributed by atoms with Crippen molar-refractivity contribution >= 4 is 0 Å². The number of ether oxygens (including phenoxy) is 1. The van der Waals surface area contributed by atoms with Crippen molar-refractivity contribution in [1.82, 2.24) is 4.90 Å². The van der Waals surface area contributed by atoms with Crippen LogP contribution in [-0.4, -0.2) is 11.9 Å². The first-order valence-corrected chi connectivity index (χ1v) is 6.80. The second-order valence-electron chi connectivity index (χ2n) is 5.08. The topological polar surface area (TPSA) is 12.5 Å². The molecule has 0 saturated carbocycles. The number of hydrogen-bond acceptors (Lipinski definition) is 2. The fourth-order valence-corrected chi connectivity index (χ4v) is 2.87. The van der Waals surface area contributed by atoms with Gasteiger partial charge in [0.15, 0.2) is 5.72 Å². The van der Waals surface area contributed by atoms with Crippen molar-refractivity contribution in [3.8, 4) is 5.75 Å². The van der Waals surface area contributed by atoms with Crippen LogP contribution in [0.25, 0.3) is 0 Å². The Balaban J connectivity index is 1.85. The smallest absolute Gasteiger partial charge is 0.193 e. The van der Waals surface area contributed by atoms with Crippen LogP contribution in [0.15, 0.2) is 54.6 Å². The number of benzene rings is 2. The van der Waals surface area contributed by atoms with Crippen LogP contribution in [-0.2, 0) is 12.3 Å². The molecule has 0 fully saturated rings. The Morgan fingerprint density at radius 2 is 1.68 bits per heavy atom. The van der Waals surface area contributed by atoms with Gasteiger partial charge in [0.25, 0.3) is 0 Å². The third-order valence-corrected chi connectivity index (χ3v) is 3.95. The standard InChI is InChI=1S/C17H19NO/c1-3-17(15-11-7-8-12-16(15)19-17)18(2)13-14-9-5-4-6-10-14/h4-12H,3,13H2,1-2H3. The first kappa shape index (κ1) is 12.2. The van der Waals surface area contributed by atoms with Gasteiger partial charge >= 0.3 is 0 Å². The number of fused-ring (bicyclic) bond motifs is 1. The molecular weight excluding hydrogens is 234 g/mol. The number of para-hydroxylation sites is 1. The third-order valence-electron chi connectivity index (χ3n) is 3.95. The monoisotopic (exact) mass is 253 g/mol. The average molecular weight is 253 g/mol. The van der Waals surface area contributed by atoms with Crippen molar-refractivity contribution in [2.45, 2.75) is 25.6 Å². The molecule has 0 bridgehead atoms. The first-order chi connectivity index (χ1) is 9.26. The zero-order chi connectivity index (χ0) is 13.3. The first-order valence-electron chi connectivity index (χ1n) is 6.80. The highest BCUT2D eigenvalue weighted by atomic mass is 16.5. The van der Waals surface area contributed by atoms with Crippen LogP contribution in [0.4, 0.5) is 0 Å². The largest absolute Gasteiger partial charge is 0.468 e. The van der Waals surface area contributed by atoms with Crippen molar-refractivity contribution in [1.29, 1.82) is 0 Å². The van der Waals surface area contributed by atoms with Gasteiger partial charge in [-0.15, -0.1) is 0 Å². The third kappa shape index (κ3) is 1.92. The van der Waals surface area contributed by atoms with Gasteiger partial charge in [-0.25, -0.2) is 0 Å². The molecule has 0 aromatic heterocycles. The zero-order valence-electron chi connectivity index (χ0n) is 11.5. The van der Waals surface area contributed by atoms with Gasteiger partial charge in [0.2, 0.25) is 0 Å². The molecule has 1 unspecified atom stereocenters. The molecule has 1 heterocycles. The summed E-state index contributed by atoms with van der Waals surface area (Å²) in [5.74, 6) is 1.02. The van der Waals surface area contributed by atoms with E-state index in [0.29, 0.717) is 0 Å². The minimum atomic E-state index is -0.258. The Bertz CT molecular complexity index is 566. The zero-order valence-corrected chi connectivity index (χ0v) is 11.5. The van der Waals surface area contributed by atoms with E-state index in [0.717, 1.165) is 18.7 Å². The predicted molar refractivity (Wildman–Crippen MR) is 76.9 cm³/mol. The molecular formula is C17H19NO. The van der Waals surface area contributed by atoms with Gasteiger partial charge in [0, 0.05) is 13.0 Å². The van der Waals surface area contributed by atoms with E-state index in [4.69, 9.17) is 4.74 Å². The second kappa shape index (κ2) is 4.71. The molecule has 1 aliphatic heterocycles. The molecule has 0 aliphatic carbocycles. The molecule has 0 spiro atoms. The van der Waals surface area contributed by atoms with Crippen molar-refractivity contribution in [3.63, 3.8) is 0 Å². The fourth-order valence-electron chi connectivity index (χ4n) is 2.87. The molecule has 0 saturated heterocycles. The molecule has 1 atom stereocenters. The summed E-state index contributed by atoms with van der Waals surface area (Å²) in [6.45, 7) is 3.07. The van der Waals surface area contributed by atoms with Crippen LogP contribution in [0.5, 0.6) is 5.75 Å². The lowest BCUT2D eigenvalue weighted by atomic mass is 9.91. The average Bonchev–Trinajstić information content (AvgIpc) is 2.42. The van der Waals surface area contributed by atoms with Crippen LogP contribution < -0.4 is 4.74 Å². The maximum absolute atomic E-state index is 6.08. The van der Waals surface area contributed by atoms with E-state index in [-0.39, 0.29) is 5.72 Å². The Hall–Kier alpha value is -1.80. The number of nitrogens with zero attached hydrogens (tertiary/aromatic N) is 1. The maximum atomic E-state index is 6.08. The van der Waals surface area contributed by atoms with Crippen LogP contribution in [0.1, 0.15) is 24.5 Å². The molecule has 0 N–H and O–H groups in total. The molecule has 2 aromatic rings. The Morgan fingerprint density at radius 1 is 1.00 bits per heavy atom. The van der Waals surface area contributed by atoms with Gasteiger partial charge < -0.3 is 4.74 Å². The molecule has 2 heteroatoms. The van der Waals surface area contributed by atoms with Crippen molar-refractivity contribution in [2.75, 3.05) is 7.05 Å². The van der Waals surface area contributed by atoms with Gasteiger partial charge in [-0.2, -0.15) is 0 Å². The van der Waals surface area contributed by atoms with Crippen LogP contribution in [0.2, 0.25) is 0 Å². The van der Waals surface area contributed by atoms with Crippen molar-refractivity contribution in [2.24, 2.45) is 0 Å². The normalized spacial score (nSPS) is 20.6. The summed E-state index contributed by atoms with van der Waals surface area (Å²) in [7, 11) is 2.13. The summed E-state index contributed by atoms with van der Waals surface area (Å²) in [6, 6.07) is 18.8. The summed E-state index contributed by atoms with van der Waals surface area (Å²) < 4.78 is 6.08. The van der Waals surface area contributed by atoms with Crippen LogP contribution >= 0.6 is 0 Å². The van der Waals surface area contributed by atoms with Gasteiger partial charge in [-0.05, 0) is 24.7 Å². The number of hydrogen-bond donors (Lipinski definition) is 0. The predicted octanol–water partition coefficient (Wildman–Crippen LogP) is 3.77. The van der Waals surface area contributed by atoms with E-state index >= 15 is 0 Å². The lowest BCUT2D eigenvalue weighted by Gasteiger charge is -2.49. The molecule has 2 aromatic carbocycles. The highest BCUT2D eigenvalue weighted by Gasteiger charge is 2.46. The molecule has 3 rings (SSSR count). The lowest BCUT2D eigenvalue weighted by Crippen LogP contribution is -2.53. The highest BCUT2D eigenvalue weighted by Crippen LogP contribution is 2.48. The minimum Gasteiger partial charge on any atom is -0.468 e. The summed E-state index contributed by atoms with van der Waals surface area (Å²) in [6.07, 6.45) is 0.952. The quantitative estimate of drug-likeness (QED) is 0.822. The second-order valence-corrected chi connectivity index (χ2v) is 5.08. The van der Waals surface area contributed by atoms with Crippen LogP contribution in [0.3, 0.4) is 0 Å². The van der Waals surface area contributed by atoms with Gasteiger partial charge in [0.05, 0.1) is 5.56 Å². The van der Waals surface area contributed by atoms with E-state index < -0.39 is 0 Å². The van der Waals surface area contributed by atoms with E-state index in [2.05, 4.69) is 55.3 Å². The minimum absolute atomic E-state index is 0.258. The van der Waals surface area contributed by atoms with E-state index in [1.807, 2.05) is 18.2 Å². The molecule has 98 valence electrons. The van der Waals surface area contributed by atoms with Crippen molar-refractivity contribution < 1.29 is 4.74 Å².